The van der Waals surface area contributed by atoms with E-state index in [2.05, 4.69) is 5.16 Å². The fourth-order valence-electron chi connectivity index (χ4n) is 2.28. The van der Waals surface area contributed by atoms with Gasteiger partial charge in [-0.2, -0.15) is 0 Å². The molecule has 1 aliphatic heterocycles. The third-order valence-electron chi connectivity index (χ3n) is 3.16. The van der Waals surface area contributed by atoms with E-state index in [9.17, 15) is 4.79 Å². The topological polar surface area (TPSA) is 62.1 Å². The van der Waals surface area contributed by atoms with Crippen LogP contribution in [0, 0.1) is 0 Å². The fraction of sp³-hybridized carbons (Fsp3) is 0.333. The number of oxime groups is 1. The molecule has 0 radical (unpaired) electrons. The lowest BCUT2D eigenvalue weighted by Gasteiger charge is -2.32. The molecule has 1 atom stereocenters. The maximum atomic E-state index is 12.2. The molecule has 1 amide bonds. The summed E-state index contributed by atoms with van der Waals surface area (Å²) in [6.07, 6.45) is 6.32. The third-order valence-corrected chi connectivity index (χ3v) is 3.16. The number of hydrogen-bond donors (Lipinski definition) is 1. The largest absolute Gasteiger partial charge is 0.449 e. The predicted octanol–water partition coefficient (Wildman–Crippen LogP) is 3.29. The maximum Gasteiger partial charge on any atom is 0.414 e. The van der Waals surface area contributed by atoms with Crippen molar-refractivity contribution in [2.45, 2.75) is 25.8 Å². The van der Waals surface area contributed by atoms with Crippen molar-refractivity contribution in [1.82, 2.24) is 0 Å². The number of fused-ring (bicyclic) bond motifs is 1. The molecule has 106 valence electrons. The first kappa shape index (κ1) is 14.1. The van der Waals surface area contributed by atoms with Crippen molar-refractivity contribution in [1.29, 1.82) is 0 Å². The summed E-state index contributed by atoms with van der Waals surface area (Å²) in [5.74, 6) is 0. The first-order valence-electron chi connectivity index (χ1n) is 6.67. The second kappa shape index (κ2) is 6.75. The number of anilines is 1. The number of amides is 1. The van der Waals surface area contributed by atoms with Gasteiger partial charge in [0.05, 0.1) is 18.3 Å². The number of rotatable bonds is 4. The second-order valence-corrected chi connectivity index (χ2v) is 4.43. The Morgan fingerprint density at radius 1 is 1.50 bits per heavy atom. The van der Waals surface area contributed by atoms with Crippen LogP contribution in [0.15, 0.2) is 35.5 Å². The Labute approximate surface area is 118 Å². The highest BCUT2D eigenvalue weighted by molar-refractivity contribution is 5.93. The van der Waals surface area contributed by atoms with Crippen molar-refractivity contribution in [3.8, 4) is 0 Å². The van der Waals surface area contributed by atoms with Gasteiger partial charge in [0.15, 0.2) is 0 Å². The van der Waals surface area contributed by atoms with Crippen LogP contribution in [0.1, 0.15) is 25.3 Å². The van der Waals surface area contributed by atoms with Crippen LogP contribution in [0.5, 0.6) is 0 Å². The summed E-state index contributed by atoms with van der Waals surface area (Å²) in [5.41, 5.74) is 1.84. The molecule has 2 rings (SSSR count). The van der Waals surface area contributed by atoms with Crippen LogP contribution in [0.4, 0.5) is 10.5 Å². The molecule has 20 heavy (non-hydrogen) atoms. The Hall–Kier alpha value is -2.30. The van der Waals surface area contributed by atoms with E-state index in [1.807, 2.05) is 36.4 Å². The lowest BCUT2D eigenvalue weighted by molar-refractivity contribution is 0.158. The van der Waals surface area contributed by atoms with Crippen LogP contribution in [0.3, 0.4) is 0 Å². The predicted molar refractivity (Wildman–Crippen MR) is 78.3 cm³/mol. The van der Waals surface area contributed by atoms with Crippen LogP contribution in [-0.2, 0) is 4.74 Å². The number of hydrogen-bond acceptors (Lipinski definition) is 4. The summed E-state index contributed by atoms with van der Waals surface area (Å²) in [7, 11) is 0. The minimum atomic E-state index is -0.352. The molecule has 0 saturated heterocycles. The molecule has 1 aromatic carbocycles. The molecule has 5 heteroatoms. The molecule has 0 aromatic heterocycles. The van der Waals surface area contributed by atoms with Crippen molar-refractivity contribution >= 4 is 24.1 Å². The van der Waals surface area contributed by atoms with Crippen LogP contribution < -0.4 is 4.90 Å². The highest BCUT2D eigenvalue weighted by Gasteiger charge is 2.28. The number of ether oxygens (including phenoxy) is 1. The van der Waals surface area contributed by atoms with Gasteiger partial charge in [-0.05, 0) is 31.4 Å². The summed E-state index contributed by atoms with van der Waals surface area (Å²) < 4.78 is 5.14. The number of carbonyl (C=O) groups is 1. The number of carbonyl (C=O) groups excluding carboxylic acids is 1. The van der Waals surface area contributed by atoms with Gasteiger partial charge < -0.3 is 9.94 Å². The van der Waals surface area contributed by atoms with Crippen molar-refractivity contribution < 1.29 is 14.7 Å². The van der Waals surface area contributed by atoms with Crippen LogP contribution in [0.25, 0.3) is 6.08 Å². The smallest absolute Gasteiger partial charge is 0.414 e. The van der Waals surface area contributed by atoms with Crippen LogP contribution >= 0.6 is 0 Å². The molecule has 5 nitrogen and oxygen atoms in total. The average Bonchev–Trinajstić information content (AvgIpc) is 2.47. The van der Waals surface area contributed by atoms with E-state index in [-0.39, 0.29) is 12.1 Å². The van der Waals surface area contributed by atoms with E-state index in [4.69, 9.17) is 9.94 Å². The van der Waals surface area contributed by atoms with E-state index in [0.717, 1.165) is 11.3 Å². The Bertz CT molecular complexity index is 526. The molecule has 0 spiro atoms. The van der Waals surface area contributed by atoms with Gasteiger partial charge in [-0.1, -0.05) is 30.4 Å². The van der Waals surface area contributed by atoms with Crippen molar-refractivity contribution in [2.24, 2.45) is 5.16 Å². The Morgan fingerprint density at radius 2 is 2.30 bits per heavy atom. The minimum absolute atomic E-state index is 0.0954. The Morgan fingerprint density at radius 3 is 3.05 bits per heavy atom. The molecule has 0 fully saturated rings. The maximum absolute atomic E-state index is 12.2. The van der Waals surface area contributed by atoms with E-state index in [1.54, 1.807) is 11.8 Å². The van der Waals surface area contributed by atoms with Gasteiger partial charge in [-0.15, -0.1) is 5.16 Å². The number of nitrogens with zero attached hydrogens (tertiary/aromatic N) is 2. The summed E-state index contributed by atoms with van der Waals surface area (Å²) in [5, 5.41) is 11.4. The molecular weight excluding hydrogens is 256 g/mol. The molecule has 1 aliphatic rings. The molecule has 0 bridgehead atoms. The van der Waals surface area contributed by atoms with Crippen molar-refractivity contribution in [3.05, 3.63) is 35.9 Å². The zero-order chi connectivity index (χ0) is 14.4. The van der Waals surface area contributed by atoms with Gasteiger partial charge in [0.2, 0.25) is 0 Å². The minimum Gasteiger partial charge on any atom is -0.449 e. The summed E-state index contributed by atoms with van der Waals surface area (Å²) in [6.45, 7) is 2.13. The van der Waals surface area contributed by atoms with E-state index < -0.39 is 0 Å². The standard InChI is InChI=1S/C15H18N2O3/c1-2-20-15(18)17-13(7-5-11-16-19)10-9-12-6-3-4-8-14(12)17/h3-4,6,8-11,13,19H,2,5,7H2,1H3/b16-11-. The molecule has 0 aliphatic carbocycles. The Balaban J connectivity index is 2.26. The monoisotopic (exact) mass is 274 g/mol. The van der Waals surface area contributed by atoms with Crippen LogP contribution in [-0.4, -0.2) is 30.2 Å². The molecule has 1 aromatic rings. The third kappa shape index (κ3) is 2.99. The average molecular weight is 274 g/mol. The van der Waals surface area contributed by atoms with E-state index in [1.165, 1.54) is 6.21 Å². The van der Waals surface area contributed by atoms with Gasteiger partial charge in [-0.3, -0.25) is 4.90 Å². The van der Waals surface area contributed by atoms with Gasteiger partial charge in [0, 0.05) is 6.21 Å². The van der Waals surface area contributed by atoms with E-state index in [0.29, 0.717) is 19.4 Å². The molecule has 1 N–H and O–H groups in total. The zero-order valence-corrected chi connectivity index (χ0v) is 11.4. The first-order valence-corrected chi connectivity index (χ1v) is 6.67. The quantitative estimate of drug-likeness (QED) is 0.520. The lowest BCUT2D eigenvalue weighted by atomic mass is 10.0. The highest BCUT2D eigenvalue weighted by Crippen LogP contribution is 2.30. The van der Waals surface area contributed by atoms with Gasteiger partial charge in [0.25, 0.3) is 0 Å². The van der Waals surface area contributed by atoms with Gasteiger partial charge in [-0.25, -0.2) is 4.79 Å². The fourth-order valence-corrected chi connectivity index (χ4v) is 2.28. The SMILES string of the molecule is CCOC(=O)N1c2ccccc2C=CC1CC/C=N\O. The first-order chi connectivity index (χ1) is 9.77. The molecular formula is C15H18N2O3. The summed E-state index contributed by atoms with van der Waals surface area (Å²) in [6, 6.07) is 7.61. The van der Waals surface area contributed by atoms with Crippen LogP contribution in [0.2, 0.25) is 0 Å². The second-order valence-electron chi connectivity index (χ2n) is 4.43. The highest BCUT2D eigenvalue weighted by atomic mass is 16.6. The van der Waals surface area contributed by atoms with Gasteiger partial charge in [0.1, 0.15) is 0 Å². The zero-order valence-electron chi connectivity index (χ0n) is 11.4. The van der Waals surface area contributed by atoms with Crippen molar-refractivity contribution in [3.63, 3.8) is 0 Å². The molecule has 1 unspecified atom stereocenters. The van der Waals surface area contributed by atoms with Gasteiger partial charge >= 0.3 is 6.09 Å². The summed E-state index contributed by atoms with van der Waals surface area (Å²) >= 11 is 0. The number of para-hydroxylation sites is 1. The Kier molecular flexibility index (Phi) is 4.76. The normalized spacial score (nSPS) is 17.2. The lowest BCUT2D eigenvalue weighted by Crippen LogP contribution is -2.41. The molecule has 0 saturated carbocycles. The van der Waals surface area contributed by atoms with E-state index >= 15 is 0 Å². The molecule has 1 heterocycles. The summed E-state index contributed by atoms with van der Waals surface area (Å²) in [4.78, 5) is 13.8. The number of benzene rings is 1. The van der Waals surface area contributed by atoms with Crippen molar-refractivity contribution in [2.75, 3.05) is 11.5 Å².